The van der Waals surface area contributed by atoms with E-state index in [0.717, 1.165) is 19.4 Å². The molecule has 0 radical (unpaired) electrons. The molecule has 0 bridgehead atoms. The molecule has 2 aromatic heterocycles. The van der Waals surface area contributed by atoms with Gasteiger partial charge < -0.3 is 14.2 Å². The number of hydrogen-bond donors (Lipinski definition) is 0. The molecule has 106 valence electrons. The second kappa shape index (κ2) is 5.32. The summed E-state index contributed by atoms with van der Waals surface area (Å²) in [5.41, 5.74) is 1.20. The van der Waals surface area contributed by atoms with Crippen LogP contribution in [0, 0.1) is 0 Å². The number of amides is 1. The number of ether oxygens (including phenoxy) is 1. The van der Waals surface area contributed by atoms with Crippen molar-refractivity contribution in [3.05, 3.63) is 40.3 Å². The van der Waals surface area contributed by atoms with E-state index < -0.39 is 0 Å². The molecule has 0 spiro atoms. The van der Waals surface area contributed by atoms with E-state index >= 15 is 0 Å². The maximum absolute atomic E-state index is 12.8. The zero-order chi connectivity index (χ0) is 14.1. The number of rotatable bonds is 3. The monoisotopic (exact) mass is 290 g/mol. The Balaban J connectivity index is 1.89. The lowest BCUT2D eigenvalue weighted by molar-refractivity contribution is 0.0733. The van der Waals surface area contributed by atoms with Crippen LogP contribution in [-0.4, -0.2) is 29.0 Å². The van der Waals surface area contributed by atoms with E-state index in [1.165, 1.54) is 17.0 Å². The molecular formula is C15H18N2O2S. The van der Waals surface area contributed by atoms with E-state index in [1.807, 2.05) is 35.7 Å². The van der Waals surface area contributed by atoms with Crippen molar-refractivity contribution < 1.29 is 9.53 Å². The molecule has 5 heteroatoms. The summed E-state index contributed by atoms with van der Waals surface area (Å²) < 4.78 is 7.37. The molecule has 4 nitrogen and oxygen atoms in total. The molecule has 1 unspecified atom stereocenters. The van der Waals surface area contributed by atoms with Crippen LogP contribution in [-0.2, 0) is 7.05 Å². The summed E-state index contributed by atoms with van der Waals surface area (Å²) in [5, 5.41) is 1.90. The average molecular weight is 290 g/mol. The Hall–Kier alpha value is -1.75. The number of carbonyl (C=O) groups excluding carboxylic acids is 1. The number of nitrogens with zero attached hydrogens (tertiary/aromatic N) is 2. The Morgan fingerprint density at radius 3 is 3.00 bits per heavy atom. The highest BCUT2D eigenvalue weighted by Gasteiger charge is 2.33. The van der Waals surface area contributed by atoms with Crippen LogP contribution in [0.5, 0.6) is 5.75 Å². The standard InChI is InChI=1S/C15H18N2O2S/c1-16-8-3-5-11(16)12-6-4-9-17(12)15(18)14-13(19-2)7-10-20-14/h3,5,7-8,10,12H,4,6,9H2,1-2H3. The highest BCUT2D eigenvalue weighted by molar-refractivity contribution is 7.12. The van der Waals surface area contributed by atoms with Gasteiger partial charge in [-0.05, 0) is 36.4 Å². The molecule has 0 aromatic carbocycles. The van der Waals surface area contributed by atoms with Crippen LogP contribution in [0.25, 0.3) is 0 Å². The van der Waals surface area contributed by atoms with Crippen LogP contribution in [0.1, 0.15) is 34.2 Å². The number of hydrogen-bond acceptors (Lipinski definition) is 3. The predicted octanol–water partition coefficient (Wildman–Crippen LogP) is 3.07. The first-order valence-electron chi connectivity index (χ1n) is 6.76. The molecular weight excluding hydrogens is 272 g/mol. The van der Waals surface area contributed by atoms with Crippen LogP contribution >= 0.6 is 11.3 Å². The van der Waals surface area contributed by atoms with Gasteiger partial charge in [0.05, 0.1) is 13.2 Å². The molecule has 1 saturated heterocycles. The fourth-order valence-electron chi connectivity index (χ4n) is 2.88. The molecule has 0 saturated carbocycles. The summed E-state index contributed by atoms with van der Waals surface area (Å²) in [5.74, 6) is 0.762. The van der Waals surface area contributed by atoms with Crippen LogP contribution in [0.15, 0.2) is 29.8 Å². The molecule has 1 fully saturated rings. The first kappa shape index (κ1) is 13.2. The Morgan fingerprint density at radius 1 is 1.45 bits per heavy atom. The number of methoxy groups -OCH3 is 1. The Bertz CT molecular complexity index is 617. The third-order valence-electron chi connectivity index (χ3n) is 3.88. The first-order chi connectivity index (χ1) is 9.72. The topological polar surface area (TPSA) is 34.5 Å². The molecule has 1 amide bonds. The Morgan fingerprint density at radius 2 is 2.30 bits per heavy atom. The third kappa shape index (κ3) is 2.12. The summed E-state index contributed by atoms with van der Waals surface area (Å²) in [7, 11) is 3.64. The van der Waals surface area contributed by atoms with Gasteiger partial charge in [-0.2, -0.15) is 0 Å². The maximum atomic E-state index is 12.8. The van der Waals surface area contributed by atoms with Gasteiger partial charge in [0.1, 0.15) is 10.6 Å². The van der Waals surface area contributed by atoms with Gasteiger partial charge in [-0.15, -0.1) is 11.3 Å². The molecule has 20 heavy (non-hydrogen) atoms. The molecule has 1 aliphatic heterocycles. The van der Waals surface area contributed by atoms with Crippen molar-refractivity contribution in [3.8, 4) is 5.75 Å². The van der Waals surface area contributed by atoms with Crippen molar-refractivity contribution in [2.24, 2.45) is 7.05 Å². The largest absolute Gasteiger partial charge is 0.495 e. The first-order valence-corrected chi connectivity index (χ1v) is 7.64. The second-order valence-corrected chi connectivity index (χ2v) is 5.93. The van der Waals surface area contributed by atoms with E-state index in [2.05, 4.69) is 10.6 Å². The number of aromatic nitrogens is 1. The van der Waals surface area contributed by atoms with Gasteiger partial charge in [0, 0.05) is 25.5 Å². The highest BCUT2D eigenvalue weighted by Crippen LogP contribution is 2.35. The van der Waals surface area contributed by atoms with Crippen molar-refractivity contribution in [2.45, 2.75) is 18.9 Å². The van der Waals surface area contributed by atoms with Crippen molar-refractivity contribution in [1.29, 1.82) is 0 Å². The van der Waals surface area contributed by atoms with Crippen LogP contribution in [0.3, 0.4) is 0 Å². The van der Waals surface area contributed by atoms with Crippen LogP contribution < -0.4 is 4.74 Å². The minimum atomic E-state index is 0.0838. The normalized spacial score (nSPS) is 18.5. The fraction of sp³-hybridized carbons (Fsp3) is 0.400. The van der Waals surface area contributed by atoms with E-state index in [1.54, 1.807) is 7.11 Å². The number of likely N-dealkylation sites (tertiary alicyclic amines) is 1. The molecule has 2 aromatic rings. The molecule has 0 aliphatic carbocycles. The molecule has 1 atom stereocenters. The zero-order valence-corrected chi connectivity index (χ0v) is 12.5. The van der Waals surface area contributed by atoms with E-state index in [0.29, 0.717) is 10.6 Å². The lowest BCUT2D eigenvalue weighted by Crippen LogP contribution is -2.31. The quantitative estimate of drug-likeness (QED) is 0.870. The fourth-order valence-corrected chi connectivity index (χ4v) is 3.70. The molecule has 3 rings (SSSR count). The summed E-state index contributed by atoms with van der Waals surface area (Å²) >= 11 is 1.45. The number of carbonyl (C=O) groups is 1. The van der Waals surface area contributed by atoms with Crippen molar-refractivity contribution in [2.75, 3.05) is 13.7 Å². The molecule has 0 N–H and O–H groups in total. The van der Waals surface area contributed by atoms with Crippen molar-refractivity contribution in [3.63, 3.8) is 0 Å². The van der Waals surface area contributed by atoms with Gasteiger partial charge in [0.15, 0.2) is 0 Å². The maximum Gasteiger partial charge on any atom is 0.268 e. The van der Waals surface area contributed by atoms with Crippen LogP contribution in [0.4, 0.5) is 0 Å². The molecule has 1 aliphatic rings. The third-order valence-corrected chi connectivity index (χ3v) is 4.77. The van der Waals surface area contributed by atoms with Gasteiger partial charge in [0.25, 0.3) is 5.91 Å². The summed E-state index contributed by atoms with van der Waals surface area (Å²) in [6, 6.07) is 6.16. The lowest BCUT2D eigenvalue weighted by atomic mass is 10.1. The average Bonchev–Trinajstić information content (AvgIpc) is 3.17. The second-order valence-electron chi connectivity index (χ2n) is 5.02. The minimum Gasteiger partial charge on any atom is -0.495 e. The van der Waals surface area contributed by atoms with Gasteiger partial charge in [-0.25, -0.2) is 0 Å². The van der Waals surface area contributed by atoms with Gasteiger partial charge in [-0.1, -0.05) is 0 Å². The number of aryl methyl sites for hydroxylation is 1. The Labute approximate surface area is 122 Å². The summed E-state index contributed by atoms with van der Waals surface area (Å²) in [6.45, 7) is 0.815. The van der Waals surface area contributed by atoms with E-state index in [4.69, 9.17) is 4.74 Å². The zero-order valence-electron chi connectivity index (χ0n) is 11.7. The van der Waals surface area contributed by atoms with Gasteiger partial charge in [0.2, 0.25) is 0 Å². The van der Waals surface area contributed by atoms with E-state index in [9.17, 15) is 4.79 Å². The lowest BCUT2D eigenvalue weighted by Gasteiger charge is -2.25. The smallest absolute Gasteiger partial charge is 0.268 e. The predicted molar refractivity (Wildman–Crippen MR) is 79.3 cm³/mol. The minimum absolute atomic E-state index is 0.0838. The SMILES string of the molecule is COc1ccsc1C(=O)N1CCCC1c1cccn1C. The van der Waals surface area contributed by atoms with Gasteiger partial charge in [-0.3, -0.25) is 4.79 Å². The van der Waals surface area contributed by atoms with Crippen molar-refractivity contribution in [1.82, 2.24) is 9.47 Å². The van der Waals surface area contributed by atoms with Gasteiger partial charge >= 0.3 is 0 Å². The molecule has 3 heterocycles. The van der Waals surface area contributed by atoms with Crippen LogP contribution in [0.2, 0.25) is 0 Å². The summed E-state index contributed by atoms with van der Waals surface area (Å²) in [4.78, 5) is 15.4. The Kier molecular flexibility index (Phi) is 3.53. The number of thiophene rings is 1. The summed E-state index contributed by atoms with van der Waals surface area (Å²) in [6.07, 6.45) is 4.11. The van der Waals surface area contributed by atoms with Crippen molar-refractivity contribution >= 4 is 17.2 Å². The van der Waals surface area contributed by atoms with E-state index in [-0.39, 0.29) is 11.9 Å². The highest BCUT2D eigenvalue weighted by atomic mass is 32.1.